The van der Waals surface area contributed by atoms with E-state index in [1.54, 1.807) is 0 Å². The summed E-state index contributed by atoms with van der Waals surface area (Å²) in [5.74, 6) is -0.283. The van der Waals surface area contributed by atoms with E-state index in [0.29, 0.717) is 16.1 Å². The van der Waals surface area contributed by atoms with Crippen molar-refractivity contribution in [1.29, 1.82) is 0 Å². The Morgan fingerprint density at radius 1 is 1.20 bits per heavy atom. The highest BCUT2D eigenvalue weighted by Gasteiger charge is 2.11. The lowest BCUT2D eigenvalue weighted by Crippen LogP contribution is -2.05. The van der Waals surface area contributed by atoms with Crippen LogP contribution in [0, 0.1) is 11.6 Å². The summed E-state index contributed by atoms with van der Waals surface area (Å²) in [6.45, 7) is 2.80. The Hall–Kier alpha value is -1.76. The maximum absolute atomic E-state index is 13.6. The maximum Gasteiger partial charge on any atom is 0.150 e. The number of benzene rings is 1. The molecule has 0 aliphatic heterocycles. The van der Waals surface area contributed by atoms with Crippen LogP contribution in [0.1, 0.15) is 13.3 Å². The van der Waals surface area contributed by atoms with E-state index < -0.39 is 11.6 Å². The molecule has 0 saturated carbocycles. The summed E-state index contributed by atoms with van der Waals surface area (Å²) >= 11 is 3.36. The van der Waals surface area contributed by atoms with Gasteiger partial charge in [-0.15, -0.1) is 0 Å². The van der Waals surface area contributed by atoms with Crippen molar-refractivity contribution in [2.45, 2.75) is 13.3 Å². The van der Waals surface area contributed by atoms with Crippen LogP contribution in [-0.4, -0.2) is 16.5 Å². The van der Waals surface area contributed by atoms with E-state index in [1.165, 1.54) is 18.5 Å². The monoisotopic (exact) mass is 342 g/mol. The Balaban J connectivity index is 2.24. The van der Waals surface area contributed by atoms with Crippen molar-refractivity contribution in [3.63, 3.8) is 0 Å². The number of nitrogens with zero attached hydrogens (tertiary/aromatic N) is 2. The normalized spacial score (nSPS) is 10.4. The second-order valence-electron chi connectivity index (χ2n) is 4.06. The van der Waals surface area contributed by atoms with Crippen LogP contribution >= 0.6 is 15.9 Å². The minimum Gasteiger partial charge on any atom is -0.369 e. The van der Waals surface area contributed by atoms with E-state index in [4.69, 9.17) is 0 Å². The molecular formula is C13H13BrF2N4. The van der Waals surface area contributed by atoms with E-state index in [9.17, 15) is 8.78 Å². The van der Waals surface area contributed by atoms with Crippen LogP contribution in [0.4, 0.5) is 26.1 Å². The first-order chi connectivity index (χ1) is 9.61. The molecule has 4 nitrogen and oxygen atoms in total. The van der Waals surface area contributed by atoms with Crippen LogP contribution in [0.25, 0.3) is 0 Å². The molecule has 106 valence electrons. The second kappa shape index (κ2) is 6.60. The van der Waals surface area contributed by atoms with Crippen LogP contribution < -0.4 is 10.6 Å². The second-order valence-corrected chi connectivity index (χ2v) is 4.85. The molecule has 1 aromatic heterocycles. The molecule has 2 N–H and O–H groups in total. The number of hydrogen-bond acceptors (Lipinski definition) is 4. The number of aromatic nitrogens is 2. The number of hydrogen-bond donors (Lipinski definition) is 2. The van der Waals surface area contributed by atoms with E-state index >= 15 is 0 Å². The predicted molar refractivity (Wildman–Crippen MR) is 78.2 cm³/mol. The van der Waals surface area contributed by atoms with Crippen molar-refractivity contribution in [3.8, 4) is 0 Å². The third-order valence-corrected chi connectivity index (χ3v) is 3.27. The van der Waals surface area contributed by atoms with Crippen LogP contribution in [0.15, 0.2) is 29.0 Å². The molecule has 0 amide bonds. The zero-order valence-electron chi connectivity index (χ0n) is 10.8. The Bertz CT molecular complexity index is 607. The summed E-state index contributed by atoms with van der Waals surface area (Å²) in [5, 5.41) is 5.93. The molecule has 0 fully saturated rings. The van der Waals surface area contributed by atoms with E-state index in [1.807, 2.05) is 6.92 Å². The van der Waals surface area contributed by atoms with Gasteiger partial charge in [0.05, 0.1) is 5.69 Å². The van der Waals surface area contributed by atoms with Gasteiger partial charge in [-0.1, -0.05) is 6.92 Å². The quantitative estimate of drug-likeness (QED) is 0.859. The molecule has 0 saturated heterocycles. The van der Waals surface area contributed by atoms with E-state index in [-0.39, 0.29) is 5.69 Å². The molecule has 0 radical (unpaired) electrons. The summed E-state index contributed by atoms with van der Waals surface area (Å²) in [7, 11) is 0. The molecule has 1 heterocycles. The lowest BCUT2D eigenvalue weighted by Gasteiger charge is -2.11. The average Bonchev–Trinajstić information content (AvgIpc) is 2.42. The first-order valence-electron chi connectivity index (χ1n) is 6.08. The Morgan fingerprint density at radius 2 is 1.95 bits per heavy atom. The number of rotatable bonds is 5. The van der Waals surface area contributed by atoms with E-state index in [2.05, 4.69) is 36.5 Å². The zero-order valence-corrected chi connectivity index (χ0v) is 12.3. The van der Waals surface area contributed by atoms with Crippen LogP contribution in [0.5, 0.6) is 0 Å². The summed E-state index contributed by atoms with van der Waals surface area (Å²) in [6.07, 6.45) is 2.32. The van der Waals surface area contributed by atoms with Crippen molar-refractivity contribution in [3.05, 3.63) is 40.6 Å². The highest BCUT2D eigenvalue weighted by atomic mass is 79.9. The summed E-state index contributed by atoms with van der Waals surface area (Å²) in [6, 6.07) is 3.31. The van der Waals surface area contributed by atoms with Crippen LogP contribution in [0.2, 0.25) is 0 Å². The Kier molecular flexibility index (Phi) is 4.84. The Morgan fingerprint density at radius 3 is 2.65 bits per heavy atom. The Labute approximate surface area is 123 Å². The topological polar surface area (TPSA) is 49.8 Å². The third kappa shape index (κ3) is 3.41. The van der Waals surface area contributed by atoms with Gasteiger partial charge in [0, 0.05) is 12.6 Å². The SMILES string of the molecule is CCCNc1ncnc(Nc2ccc(F)cc2F)c1Br. The molecule has 2 rings (SSSR count). The number of nitrogens with one attached hydrogen (secondary N) is 2. The molecule has 20 heavy (non-hydrogen) atoms. The fourth-order valence-electron chi connectivity index (χ4n) is 1.54. The van der Waals surface area contributed by atoms with Crippen molar-refractivity contribution in [2.75, 3.05) is 17.2 Å². The molecule has 2 aromatic rings. The van der Waals surface area contributed by atoms with Crippen molar-refractivity contribution >= 4 is 33.3 Å². The fourth-order valence-corrected chi connectivity index (χ4v) is 1.99. The number of halogens is 3. The van der Waals surface area contributed by atoms with Gasteiger partial charge in [-0.25, -0.2) is 18.7 Å². The first kappa shape index (κ1) is 14.6. The van der Waals surface area contributed by atoms with Gasteiger partial charge in [0.1, 0.15) is 34.1 Å². The van der Waals surface area contributed by atoms with Crippen LogP contribution in [0.3, 0.4) is 0 Å². The average molecular weight is 343 g/mol. The van der Waals surface area contributed by atoms with Crippen LogP contribution in [-0.2, 0) is 0 Å². The lowest BCUT2D eigenvalue weighted by molar-refractivity contribution is 0.586. The highest BCUT2D eigenvalue weighted by Crippen LogP contribution is 2.29. The van der Waals surface area contributed by atoms with Crippen molar-refractivity contribution < 1.29 is 8.78 Å². The van der Waals surface area contributed by atoms with Crippen molar-refractivity contribution in [2.24, 2.45) is 0 Å². The summed E-state index contributed by atoms with van der Waals surface area (Å²) < 4.78 is 27.0. The summed E-state index contributed by atoms with van der Waals surface area (Å²) in [4.78, 5) is 8.13. The molecule has 0 unspecified atom stereocenters. The lowest BCUT2D eigenvalue weighted by atomic mass is 10.3. The first-order valence-corrected chi connectivity index (χ1v) is 6.87. The van der Waals surface area contributed by atoms with Gasteiger partial charge in [-0.05, 0) is 34.5 Å². The van der Waals surface area contributed by atoms with Crippen molar-refractivity contribution in [1.82, 2.24) is 9.97 Å². The smallest absolute Gasteiger partial charge is 0.150 e. The molecule has 1 aromatic carbocycles. The van der Waals surface area contributed by atoms with Gasteiger partial charge >= 0.3 is 0 Å². The standard InChI is InChI=1S/C13H13BrF2N4/c1-2-5-17-12-11(14)13(19-7-18-12)20-10-4-3-8(15)6-9(10)16/h3-4,6-7H,2,5H2,1H3,(H2,17,18,19,20). The minimum atomic E-state index is -0.682. The molecule has 0 aliphatic carbocycles. The maximum atomic E-state index is 13.6. The van der Waals surface area contributed by atoms with E-state index in [0.717, 1.165) is 19.0 Å². The van der Waals surface area contributed by atoms with Gasteiger partial charge in [-0.3, -0.25) is 0 Å². The molecule has 7 heteroatoms. The molecule has 0 spiro atoms. The molecule has 0 atom stereocenters. The van der Waals surface area contributed by atoms with Gasteiger partial charge in [-0.2, -0.15) is 0 Å². The largest absolute Gasteiger partial charge is 0.369 e. The molecular weight excluding hydrogens is 330 g/mol. The molecule has 0 bridgehead atoms. The van der Waals surface area contributed by atoms with Gasteiger partial charge < -0.3 is 10.6 Å². The number of anilines is 3. The predicted octanol–water partition coefficient (Wildman–Crippen LogP) is 4.08. The minimum absolute atomic E-state index is 0.146. The zero-order chi connectivity index (χ0) is 14.5. The third-order valence-electron chi connectivity index (χ3n) is 2.52. The van der Waals surface area contributed by atoms with Gasteiger partial charge in [0.2, 0.25) is 0 Å². The summed E-state index contributed by atoms with van der Waals surface area (Å²) in [5.41, 5.74) is 0.146. The molecule has 0 aliphatic rings. The highest BCUT2D eigenvalue weighted by molar-refractivity contribution is 9.10. The van der Waals surface area contributed by atoms with Gasteiger partial charge in [0.25, 0.3) is 0 Å². The fraction of sp³-hybridized carbons (Fsp3) is 0.231. The van der Waals surface area contributed by atoms with Gasteiger partial charge in [0.15, 0.2) is 0 Å².